The smallest absolute Gasteiger partial charge is 0.266 e. The second-order valence-electron chi connectivity index (χ2n) is 4.45. The lowest BCUT2D eigenvalue weighted by atomic mass is 10.2. The number of carbonyl (C=O) groups is 1. The topological polar surface area (TPSA) is 66.6 Å². The highest BCUT2D eigenvalue weighted by Crippen LogP contribution is 2.35. The van der Waals surface area contributed by atoms with Gasteiger partial charge in [-0.25, -0.2) is 0 Å². The van der Waals surface area contributed by atoms with Gasteiger partial charge in [-0.3, -0.25) is 4.79 Å². The van der Waals surface area contributed by atoms with Crippen LogP contribution in [-0.4, -0.2) is 35.6 Å². The average Bonchev–Trinajstić information content (AvgIpc) is 2.76. The maximum Gasteiger partial charge on any atom is 0.266 e. The predicted octanol–water partition coefficient (Wildman–Crippen LogP) is 2.98. The van der Waals surface area contributed by atoms with Gasteiger partial charge in [0.2, 0.25) is 0 Å². The SMILES string of the molecule is CCN(CCCO)C(=O)c1sc2ccc(Cl)cc2c1N. The second-order valence-corrected chi connectivity index (χ2v) is 5.94. The number of aliphatic hydroxyl groups excluding tert-OH is 1. The van der Waals surface area contributed by atoms with Gasteiger partial charge >= 0.3 is 0 Å². The molecule has 0 atom stereocenters. The summed E-state index contributed by atoms with van der Waals surface area (Å²) in [5, 5.41) is 10.3. The summed E-state index contributed by atoms with van der Waals surface area (Å²) in [5.41, 5.74) is 6.57. The molecule has 1 aromatic carbocycles. The van der Waals surface area contributed by atoms with Crippen molar-refractivity contribution in [2.24, 2.45) is 0 Å². The number of thiophene rings is 1. The van der Waals surface area contributed by atoms with E-state index in [0.717, 1.165) is 10.1 Å². The standard InChI is InChI=1S/C14H17ClN2O2S/c1-2-17(6-3-7-18)14(19)13-12(16)10-8-9(15)4-5-11(10)20-13/h4-5,8,18H,2-3,6-7,16H2,1H3. The molecule has 108 valence electrons. The molecule has 20 heavy (non-hydrogen) atoms. The minimum atomic E-state index is -0.0872. The molecule has 0 fully saturated rings. The minimum absolute atomic E-state index is 0.0707. The molecule has 0 unspecified atom stereocenters. The number of benzene rings is 1. The average molecular weight is 313 g/mol. The van der Waals surface area contributed by atoms with Gasteiger partial charge in [0.1, 0.15) is 4.88 Å². The van der Waals surface area contributed by atoms with Crippen LogP contribution in [0.5, 0.6) is 0 Å². The number of nitrogen functional groups attached to an aromatic ring is 1. The lowest BCUT2D eigenvalue weighted by Crippen LogP contribution is -2.32. The Hall–Kier alpha value is -1.30. The fourth-order valence-corrected chi connectivity index (χ4v) is 3.30. The fourth-order valence-electron chi connectivity index (χ4n) is 2.06. The van der Waals surface area contributed by atoms with Crippen LogP contribution in [0.2, 0.25) is 5.02 Å². The van der Waals surface area contributed by atoms with E-state index in [2.05, 4.69) is 0 Å². The molecule has 0 bridgehead atoms. The summed E-state index contributed by atoms with van der Waals surface area (Å²) in [7, 11) is 0. The van der Waals surface area contributed by atoms with E-state index in [1.807, 2.05) is 13.0 Å². The van der Waals surface area contributed by atoms with Gasteiger partial charge in [-0.15, -0.1) is 11.3 Å². The molecule has 0 aliphatic rings. The number of carbonyl (C=O) groups excluding carboxylic acids is 1. The van der Waals surface area contributed by atoms with Crippen LogP contribution in [0.3, 0.4) is 0 Å². The molecule has 3 N–H and O–H groups in total. The van der Waals surface area contributed by atoms with Crippen molar-refractivity contribution >= 4 is 44.6 Å². The molecular weight excluding hydrogens is 296 g/mol. The Morgan fingerprint density at radius 2 is 2.25 bits per heavy atom. The van der Waals surface area contributed by atoms with Crippen LogP contribution in [0.1, 0.15) is 23.0 Å². The number of aliphatic hydroxyl groups is 1. The summed E-state index contributed by atoms with van der Waals surface area (Å²) < 4.78 is 0.952. The highest BCUT2D eigenvalue weighted by atomic mass is 35.5. The van der Waals surface area contributed by atoms with Crippen molar-refractivity contribution in [1.82, 2.24) is 4.90 Å². The van der Waals surface area contributed by atoms with E-state index >= 15 is 0 Å². The molecule has 2 aromatic rings. The van der Waals surface area contributed by atoms with Gasteiger partial charge in [0.25, 0.3) is 5.91 Å². The molecule has 2 rings (SSSR count). The minimum Gasteiger partial charge on any atom is -0.397 e. The van der Waals surface area contributed by atoms with Gasteiger partial charge in [-0.05, 0) is 31.5 Å². The van der Waals surface area contributed by atoms with E-state index in [-0.39, 0.29) is 12.5 Å². The van der Waals surface area contributed by atoms with Gasteiger partial charge in [0.15, 0.2) is 0 Å². The van der Waals surface area contributed by atoms with Crippen LogP contribution in [0, 0.1) is 0 Å². The van der Waals surface area contributed by atoms with Crippen molar-refractivity contribution in [3.05, 3.63) is 28.1 Å². The van der Waals surface area contributed by atoms with Gasteiger partial charge in [0.05, 0.1) is 5.69 Å². The first-order valence-corrected chi connectivity index (χ1v) is 7.65. The molecule has 1 amide bonds. The Bertz CT molecular complexity index is 627. The molecule has 0 saturated heterocycles. The van der Waals surface area contributed by atoms with Crippen molar-refractivity contribution in [2.45, 2.75) is 13.3 Å². The maximum atomic E-state index is 12.5. The summed E-state index contributed by atoms with van der Waals surface area (Å²) in [4.78, 5) is 14.7. The van der Waals surface area contributed by atoms with Crippen LogP contribution >= 0.6 is 22.9 Å². The van der Waals surface area contributed by atoms with E-state index in [9.17, 15) is 4.79 Å². The zero-order valence-corrected chi connectivity index (χ0v) is 12.8. The van der Waals surface area contributed by atoms with Crippen molar-refractivity contribution in [2.75, 3.05) is 25.4 Å². The molecule has 0 saturated carbocycles. The predicted molar refractivity (Wildman–Crippen MR) is 84.5 cm³/mol. The van der Waals surface area contributed by atoms with Crippen molar-refractivity contribution in [3.63, 3.8) is 0 Å². The zero-order chi connectivity index (χ0) is 14.7. The lowest BCUT2D eigenvalue weighted by Gasteiger charge is -2.19. The Kier molecular flexibility index (Phi) is 4.86. The second kappa shape index (κ2) is 6.43. The van der Waals surface area contributed by atoms with Crippen LogP contribution in [0.15, 0.2) is 18.2 Å². The first kappa shape index (κ1) is 15.1. The number of rotatable bonds is 5. The largest absolute Gasteiger partial charge is 0.397 e. The van der Waals surface area contributed by atoms with Crippen LogP contribution in [0.4, 0.5) is 5.69 Å². The Balaban J connectivity index is 2.36. The molecule has 1 heterocycles. The number of amides is 1. The number of halogens is 1. The number of anilines is 1. The Morgan fingerprint density at radius 3 is 2.90 bits per heavy atom. The molecule has 0 aliphatic carbocycles. The van der Waals surface area contributed by atoms with Crippen molar-refractivity contribution in [1.29, 1.82) is 0 Å². The van der Waals surface area contributed by atoms with Crippen LogP contribution in [0.25, 0.3) is 10.1 Å². The highest BCUT2D eigenvalue weighted by Gasteiger charge is 2.21. The van der Waals surface area contributed by atoms with E-state index < -0.39 is 0 Å². The molecule has 6 heteroatoms. The number of nitrogens with two attached hydrogens (primary N) is 1. The number of fused-ring (bicyclic) bond motifs is 1. The molecule has 0 spiro atoms. The number of nitrogens with zero attached hydrogens (tertiary/aromatic N) is 1. The first-order chi connectivity index (χ1) is 9.58. The zero-order valence-electron chi connectivity index (χ0n) is 11.2. The van der Waals surface area contributed by atoms with E-state index in [1.54, 1.807) is 17.0 Å². The summed E-state index contributed by atoms with van der Waals surface area (Å²) in [6.07, 6.45) is 0.566. The van der Waals surface area contributed by atoms with E-state index in [4.69, 9.17) is 22.4 Å². The molecule has 4 nitrogen and oxygen atoms in total. The monoisotopic (exact) mass is 312 g/mol. The Morgan fingerprint density at radius 1 is 1.50 bits per heavy atom. The summed E-state index contributed by atoms with van der Waals surface area (Å²) >= 11 is 7.34. The van der Waals surface area contributed by atoms with E-state index in [0.29, 0.717) is 35.1 Å². The highest BCUT2D eigenvalue weighted by molar-refractivity contribution is 7.21. The third-order valence-corrected chi connectivity index (χ3v) is 4.55. The number of hydrogen-bond donors (Lipinski definition) is 2. The third kappa shape index (κ3) is 2.90. The molecular formula is C14H17ClN2O2S. The summed E-state index contributed by atoms with van der Waals surface area (Å²) in [6, 6.07) is 5.44. The van der Waals surface area contributed by atoms with E-state index in [1.165, 1.54) is 11.3 Å². The molecule has 0 radical (unpaired) electrons. The van der Waals surface area contributed by atoms with Crippen molar-refractivity contribution in [3.8, 4) is 0 Å². The third-order valence-electron chi connectivity index (χ3n) is 3.14. The van der Waals surface area contributed by atoms with Crippen molar-refractivity contribution < 1.29 is 9.90 Å². The van der Waals surface area contributed by atoms with Gasteiger partial charge in [0, 0.05) is 34.8 Å². The molecule has 0 aliphatic heterocycles. The fraction of sp³-hybridized carbons (Fsp3) is 0.357. The first-order valence-electron chi connectivity index (χ1n) is 6.46. The van der Waals surface area contributed by atoms with Crippen LogP contribution < -0.4 is 5.73 Å². The summed E-state index contributed by atoms with van der Waals surface area (Å²) in [5.74, 6) is -0.0872. The van der Waals surface area contributed by atoms with Gasteiger partial charge in [-0.1, -0.05) is 11.6 Å². The molecule has 1 aromatic heterocycles. The quantitative estimate of drug-likeness (QED) is 0.892. The Labute approximate surface area is 126 Å². The number of hydrogen-bond acceptors (Lipinski definition) is 4. The van der Waals surface area contributed by atoms with Gasteiger partial charge < -0.3 is 15.7 Å². The summed E-state index contributed by atoms with van der Waals surface area (Å²) in [6.45, 7) is 3.10. The van der Waals surface area contributed by atoms with Gasteiger partial charge in [-0.2, -0.15) is 0 Å². The normalized spacial score (nSPS) is 10.9. The lowest BCUT2D eigenvalue weighted by molar-refractivity contribution is 0.0760. The maximum absolute atomic E-state index is 12.5. The van der Waals surface area contributed by atoms with Crippen LogP contribution in [-0.2, 0) is 0 Å².